The normalized spacial score (nSPS) is 21.2. The first kappa shape index (κ1) is 19.1. The van der Waals surface area contributed by atoms with Gasteiger partial charge in [-0.3, -0.25) is 4.79 Å². The molecule has 2 aliphatic heterocycles. The van der Waals surface area contributed by atoms with E-state index in [-0.39, 0.29) is 17.5 Å². The minimum Gasteiger partial charge on any atom is -0.334 e. The van der Waals surface area contributed by atoms with Crippen LogP contribution >= 0.6 is 0 Å². The van der Waals surface area contributed by atoms with Crippen LogP contribution in [0.1, 0.15) is 22.3 Å². The molecule has 1 amide bonds. The van der Waals surface area contributed by atoms with E-state index in [2.05, 4.69) is 5.32 Å². The molecule has 0 radical (unpaired) electrons. The summed E-state index contributed by atoms with van der Waals surface area (Å²) >= 11 is 0. The van der Waals surface area contributed by atoms with Crippen LogP contribution in [0.15, 0.2) is 60.7 Å². The van der Waals surface area contributed by atoms with Crippen molar-refractivity contribution in [1.29, 1.82) is 0 Å². The molecule has 0 spiro atoms. The second-order valence-electron chi connectivity index (χ2n) is 8.06. The average Bonchev–Trinajstić information content (AvgIpc) is 3.36. The van der Waals surface area contributed by atoms with Crippen molar-refractivity contribution in [3.05, 3.63) is 71.8 Å². The van der Waals surface area contributed by atoms with Gasteiger partial charge in [0.1, 0.15) is 0 Å². The van der Waals surface area contributed by atoms with Crippen molar-refractivity contribution in [2.45, 2.75) is 18.6 Å². The van der Waals surface area contributed by atoms with Gasteiger partial charge < -0.3 is 10.2 Å². The van der Waals surface area contributed by atoms with Crippen molar-refractivity contribution in [3.63, 3.8) is 0 Å². The maximum absolute atomic E-state index is 13.5. The number of rotatable bonds is 2. The van der Waals surface area contributed by atoms with Crippen LogP contribution in [0.4, 0.5) is 13.2 Å². The number of nitrogens with zero attached hydrogens (tertiary/aromatic N) is 1. The highest BCUT2D eigenvalue weighted by atomic mass is 19.4. The van der Waals surface area contributed by atoms with E-state index in [1.165, 1.54) is 12.1 Å². The van der Waals surface area contributed by atoms with Gasteiger partial charge in [-0.05, 0) is 52.4 Å². The Morgan fingerprint density at radius 2 is 1.77 bits per heavy atom. The number of halogens is 3. The van der Waals surface area contributed by atoms with Crippen molar-refractivity contribution in [2.24, 2.45) is 5.92 Å². The molecule has 2 saturated heterocycles. The molecule has 0 aliphatic carbocycles. The number of alkyl halides is 3. The van der Waals surface area contributed by atoms with Crippen molar-refractivity contribution in [3.8, 4) is 11.1 Å². The summed E-state index contributed by atoms with van der Waals surface area (Å²) in [7, 11) is 0. The van der Waals surface area contributed by atoms with Crippen LogP contribution in [-0.2, 0) is 6.18 Å². The number of nitrogens with one attached hydrogen (secondary N) is 1. The predicted molar refractivity (Wildman–Crippen MR) is 110 cm³/mol. The Morgan fingerprint density at radius 3 is 2.60 bits per heavy atom. The summed E-state index contributed by atoms with van der Waals surface area (Å²) in [6.07, 6.45) is -3.42. The molecule has 2 heterocycles. The molecular formula is C24H21F3N2O. The van der Waals surface area contributed by atoms with Gasteiger partial charge in [0.05, 0.1) is 5.56 Å². The summed E-state index contributed by atoms with van der Waals surface area (Å²) in [4.78, 5) is 15.1. The molecule has 2 aliphatic rings. The topological polar surface area (TPSA) is 32.3 Å². The molecule has 6 heteroatoms. The summed E-state index contributed by atoms with van der Waals surface area (Å²) in [5.74, 6) is 0.508. The minimum absolute atomic E-state index is 0.00538. The lowest BCUT2D eigenvalue weighted by molar-refractivity contribution is -0.137. The fraction of sp³-hybridized carbons (Fsp3) is 0.292. The van der Waals surface area contributed by atoms with Gasteiger partial charge in [-0.15, -0.1) is 0 Å². The quantitative estimate of drug-likeness (QED) is 0.648. The number of hydrogen-bond acceptors (Lipinski definition) is 2. The summed E-state index contributed by atoms with van der Waals surface area (Å²) in [6, 6.07) is 16.4. The van der Waals surface area contributed by atoms with E-state index in [1.807, 2.05) is 11.0 Å². The van der Waals surface area contributed by atoms with Crippen molar-refractivity contribution < 1.29 is 18.0 Å². The van der Waals surface area contributed by atoms with Gasteiger partial charge in [-0.1, -0.05) is 42.5 Å². The third kappa shape index (κ3) is 3.16. The van der Waals surface area contributed by atoms with Gasteiger partial charge in [0.25, 0.3) is 5.91 Å². The molecule has 2 atom stereocenters. The molecule has 1 N–H and O–H groups in total. The predicted octanol–water partition coefficient (Wildman–Crippen LogP) is 4.96. The van der Waals surface area contributed by atoms with Crippen molar-refractivity contribution >= 4 is 16.7 Å². The second-order valence-corrected chi connectivity index (χ2v) is 8.06. The van der Waals surface area contributed by atoms with E-state index >= 15 is 0 Å². The van der Waals surface area contributed by atoms with E-state index in [0.717, 1.165) is 37.5 Å². The second kappa shape index (κ2) is 7.13. The number of carbonyl (C=O) groups excluding carboxylic acids is 1. The van der Waals surface area contributed by atoms with Gasteiger partial charge in [-0.2, -0.15) is 13.2 Å². The molecule has 2 fully saturated rings. The maximum Gasteiger partial charge on any atom is 0.417 e. The molecule has 0 unspecified atom stereocenters. The third-order valence-corrected chi connectivity index (χ3v) is 6.36. The fourth-order valence-electron chi connectivity index (χ4n) is 4.88. The molecule has 0 bridgehead atoms. The van der Waals surface area contributed by atoms with Gasteiger partial charge in [0, 0.05) is 31.2 Å². The largest absolute Gasteiger partial charge is 0.417 e. The molecule has 3 aromatic rings. The van der Waals surface area contributed by atoms with Crippen LogP contribution in [0.3, 0.4) is 0 Å². The highest BCUT2D eigenvalue weighted by molar-refractivity contribution is 6.03. The summed E-state index contributed by atoms with van der Waals surface area (Å²) in [5, 5.41) is 4.81. The Kier molecular flexibility index (Phi) is 4.54. The van der Waals surface area contributed by atoms with Crippen LogP contribution in [0.25, 0.3) is 21.9 Å². The number of likely N-dealkylation sites (tertiary alicyclic amines) is 1. The standard InChI is InChI=1S/C24H21F3N2O/c25-24(26,27)21-7-2-1-5-20(21)19-6-3-4-15-12-16(8-9-18(15)19)23(30)29-11-10-17-13-28-14-22(17)29/h1-9,12,17,22,28H,10-11,13-14H2/t17-,22+/m0/s1. The first-order valence-corrected chi connectivity index (χ1v) is 10.1. The smallest absolute Gasteiger partial charge is 0.334 e. The molecule has 154 valence electrons. The lowest BCUT2D eigenvalue weighted by atomic mass is 9.93. The molecule has 30 heavy (non-hydrogen) atoms. The zero-order valence-corrected chi connectivity index (χ0v) is 16.2. The summed E-state index contributed by atoms with van der Waals surface area (Å²) in [5.41, 5.74) is 0.584. The van der Waals surface area contributed by atoms with Crippen LogP contribution in [0.2, 0.25) is 0 Å². The molecule has 3 nitrogen and oxygen atoms in total. The van der Waals surface area contributed by atoms with E-state index in [9.17, 15) is 18.0 Å². The van der Waals surface area contributed by atoms with Gasteiger partial charge in [-0.25, -0.2) is 0 Å². The lowest BCUT2D eigenvalue weighted by Crippen LogP contribution is -2.39. The molecule has 0 saturated carbocycles. The number of fused-ring (bicyclic) bond motifs is 2. The van der Waals surface area contributed by atoms with Crippen LogP contribution in [0.5, 0.6) is 0 Å². The van der Waals surface area contributed by atoms with E-state index in [0.29, 0.717) is 22.4 Å². The zero-order chi connectivity index (χ0) is 20.9. The number of hydrogen-bond donors (Lipinski definition) is 1. The van der Waals surface area contributed by atoms with Crippen LogP contribution in [0, 0.1) is 5.92 Å². The Morgan fingerprint density at radius 1 is 0.967 bits per heavy atom. The lowest BCUT2D eigenvalue weighted by Gasteiger charge is -2.23. The van der Waals surface area contributed by atoms with Crippen LogP contribution < -0.4 is 5.32 Å². The molecule has 3 aromatic carbocycles. The van der Waals surface area contributed by atoms with E-state index in [4.69, 9.17) is 0 Å². The summed E-state index contributed by atoms with van der Waals surface area (Å²) < 4.78 is 40.6. The Balaban J connectivity index is 1.55. The zero-order valence-electron chi connectivity index (χ0n) is 16.2. The van der Waals surface area contributed by atoms with Gasteiger partial charge >= 0.3 is 6.18 Å². The van der Waals surface area contributed by atoms with Crippen molar-refractivity contribution in [1.82, 2.24) is 10.2 Å². The van der Waals surface area contributed by atoms with Gasteiger partial charge in [0.15, 0.2) is 0 Å². The maximum atomic E-state index is 13.5. The average molecular weight is 410 g/mol. The van der Waals surface area contributed by atoms with Gasteiger partial charge in [0.2, 0.25) is 0 Å². The third-order valence-electron chi connectivity index (χ3n) is 6.36. The Bertz CT molecular complexity index is 1120. The number of benzene rings is 3. The SMILES string of the molecule is O=C(c1ccc2c(-c3ccccc3C(F)(F)F)cccc2c1)N1CC[C@H]2CNC[C@H]21. The molecule has 5 rings (SSSR count). The first-order chi connectivity index (χ1) is 14.4. The molecule has 0 aromatic heterocycles. The Labute approximate surface area is 172 Å². The minimum atomic E-state index is -4.43. The summed E-state index contributed by atoms with van der Waals surface area (Å²) in [6.45, 7) is 2.53. The van der Waals surface area contributed by atoms with E-state index in [1.54, 1.807) is 36.4 Å². The monoisotopic (exact) mass is 410 g/mol. The highest BCUT2D eigenvalue weighted by Crippen LogP contribution is 2.39. The first-order valence-electron chi connectivity index (χ1n) is 10.1. The molecular weight excluding hydrogens is 389 g/mol. The number of carbonyl (C=O) groups is 1. The Hall–Kier alpha value is -2.86. The van der Waals surface area contributed by atoms with Crippen LogP contribution in [-0.4, -0.2) is 36.5 Å². The fourth-order valence-corrected chi connectivity index (χ4v) is 4.88. The number of amides is 1. The van der Waals surface area contributed by atoms with E-state index < -0.39 is 11.7 Å². The highest BCUT2D eigenvalue weighted by Gasteiger charge is 2.40. The van der Waals surface area contributed by atoms with Crippen molar-refractivity contribution in [2.75, 3.05) is 19.6 Å².